The van der Waals surface area contributed by atoms with Crippen LogP contribution in [0, 0.1) is 5.92 Å². The van der Waals surface area contributed by atoms with Gasteiger partial charge >= 0.3 is 0 Å². The number of hydrogen-bond donors (Lipinski definition) is 0. The van der Waals surface area contributed by atoms with Crippen LogP contribution in [-0.2, 0) is 4.79 Å². The molecule has 0 bridgehead atoms. The third-order valence-electron chi connectivity index (χ3n) is 3.57. The van der Waals surface area contributed by atoms with Crippen LogP contribution in [0.25, 0.3) is 0 Å². The number of carbonyl (C=O) groups excluding carboxylic acids is 1. The number of rotatable bonds is 5. The number of methoxy groups -OCH3 is 1. The van der Waals surface area contributed by atoms with Gasteiger partial charge in [0.25, 0.3) is 0 Å². The first kappa shape index (κ1) is 14.4. The molecular weight excluding hydrogens is 308 g/mol. The van der Waals surface area contributed by atoms with Crippen molar-refractivity contribution in [3.63, 3.8) is 0 Å². The Morgan fingerprint density at radius 1 is 1.32 bits per heavy atom. The molecule has 0 radical (unpaired) electrons. The minimum absolute atomic E-state index is 0.129. The van der Waals surface area contributed by atoms with Gasteiger partial charge in [0.2, 0.25) is 0 Å². The Morgan fingerprint density at radius 2 is 2.05 bits per heavy atom. The van der Waals surface area contributed by atoms with Crippen molar-refractivity contribution in [2.24, 2.45) is 5.92 Å². The molecule has 19 heavy (non-hydrogen) atoms. The van der Waals surface area contributed by atoms with Crippen molar-refractivity contribution in [2.75, 3.05) is 13.7 Å². The summed E-state index contributed by atoms with van der Waals surface area (Å²) in [7, 11) is 1.59. The van der Waals surface area contributed by atoms with Crippen molar-refractivity contribution >= 4 is 21.7 Å². The fourth-order valence-electron chi connectivity index (χ4n) is 2.48. The first-order chi connectivity index (χ1) is 9.22. The highest BCUT2D eigenvalue weighted by Crippen LogP contribution is 2.35. The van der Waals surface area contributed by atoms with Crippen molar-refractivity contribution in [2.45, 2.75) is 32.1 Å². The van der Waals surface area contributed by atoms with Crippen LogP contribution in [0.3, 0.4) is 0 Å². The summed E-state index contributed by atoms with van der Waals surface area (Å²) in [4.78, 5) is 12.1. The Labute approximate surface area is 122 Å². The number of benzene rings is 1. The summed E-state index contributed by atoms with van der Waals surface area (Å²) in [5, 5.41) is 0. The zero-order chi connectivity index (χ0) is 13.7. The highest BCUT2D eigenvalue weighted by atomic mass is 79.9. The van der Waals surface area contributed by atoms with Gasteiger partial charge in [-0.2, -0.15) is 0 Å². The Bertz CT molecular complexity index is 439. The highest BCUT2D eigenvalue weighted by Gasteiger charge is 2.22. The molecule has 0 unspecified atom stereocenters. The van der Waals surface area contributed by atoms with E-state index in [1.807, 2.05) is 18.2 Å². The largest absolute Gasteiger partial charge is 0.493 e. The van der Waals surface area contributed by atoms with Gasteiger partial charge in [0.1, 0.15) is 6.61 Å². The number of hydrogen-bond acceptors (Lipinski definition) is 3. The first-order valence-corrected chi connectivity index (χ1v) is 7.49. The summed E-state index contributed by atoms with van der Waals surface area (Å²) in [6, 6.07) is 5.58. The van der Waals surface area contributed by atoms with E-state index in [1.165, 1.54) is 6.42 Å². The number of ketones is 1. The molecule has 1 saturated carbocycles. The number of Topliss-reactive ketones (excluding diaryl/α,β-unsaturated/α-hetero) is 1. The Kier molecular flexibility index (Phi) is 5.25. The molecule has 2 rings (SSSR count). The molecule has 0 heterocycles. The lowest BCUT2D eigenvalue weighted by Gasteiger charge is -2.20. The summed E-state index contributed by atoms with van der Waals surface area (Å²) in [5.41, 5.74) is 0. The fourth-order valence-corrected chi connectivity index (χ4v) is 2.94. The van der Waals surface area contributed by atoms with Gasteiger partial charge in [0.15, 0.2) is 17.3 Å². The van der Waals surface area contributed by atoms with Crippen molar-refractivity contribution in [3.05, 3.63) is 22.7 Å². The van der Waals surface area contributed by atoms with Gasteiger partial charge < -0.3 is 9.47 Å². The molecule has 0 aromatic heterocycles. The van der Waals surface area contributed by atoms with Crippen LogP contribution >= 0.6 is 15.9 Å². The molecule has 1 fully saturated rings. The van der Waals surface area contributed by atoms with Crippen LogP contribution in [0.4, 0.5) is 0 Å². The standard InChI is InChI=1S/C15H19BrO3/c1-18-14-9-5-8-12(16)15(14)19-10-13(17)11-6-3-2-4-7-11/h5,8-9,11H,2-4,6-7,10H2,1H3. The molecule has 1 aliphatic rings. The number of halogens is 1. The van der Waals surface area contributed by atoms with E-state index in [0.29, 0.717) is 11.5 Å². The zero-order valence-corrected chi connectivity index (χ0v) is 12.7. The molecule has 104 valence electrons. The molecule has 1 aliphatic carbocycles. The molecular formula is C15H19BrO3. The summed E-state index contributed by atoms with van der Waals surface area (Å²) >= 11 is 3.42. The molecule has 0 saturated heterocycles. The number of para-hydroxylation sites is 1. The van der Waals surface area contributed by atoms with Crippen molar-refractivity contribution in [1.29, 1.82) is 0 Å². The maximum Gasteiger partial charge on any atom is 0.175 e. The Morgan fingerprint density at radius 3 is 2.74 bits per heavy atom. The molecule has 4 heteroatoms. The second-order valence-corrected chi connectivity index (χ2v) is 5.72. The summed E-state index contributed by atoms with van der Waals surface area (Å²) < 4.78 is 11.7. The lowest BCUT2D eigenvalue weighted by molar-refractivity contribution is -0.125. The lowest BCUT2D eigenvalue weighted by atomic mass is 9.86. The van der Waals surface area contributed by atoms with Crippen LogP contribution < -0.4 is 9.47 Å². The van der Waals surface area contributed by atoms with Crippen LogP contribution in [0.5, 0.6) is 11.5 Å². The maximum atomic E-state index is 12.1. The van der Waals surface area contributed by atoms with E-state index in [0.717, 1.165) is 30.2 Å². The van der Waals surface area contributed by atoms with Crippen molar-refractivity contribution in [3.8, 4) is 11.5 Å². The highest BCUT2D eigenvalue weighted by molar-refractivity contribution is 9.10. The smallest absolute Gasteiger partial charge is 0.175 e. The quantitative estimate of drug-likeness (QED) is 0.820. The molecule has 1 aromatic carbocycles. The topological polar surface area (TPSA) is 35.5 Å². The van der Waals surface area contributed by atoms with Crippen LogP contribution in [0.1, 0.15) is 32.1 Å². The fraction of sp³-hybridized carbons (Fsp3) is 0.533. The van der Waals surface area contributed by atoms with E-state index in [2.05, 4.69) is 15.9 Å². The minimum atomic E-state index is 0.129. The Hall–Kier alpha value is -1.03. The lowest BCUT2D eigenvalue weighted by Crippen LogP contribution is -2.23. The summed E-state index contributed by atoms with van der Waals surface area (Å²) in [6.45, 7) is 0.129. The molecule has 0 spiro atoms. The van der Waals surface area contributed by atoms with Gasteiger partial charge in [-0.05, 0) is 40.9 Å². The van der Waals surface area contributed by atoms with Gasteiger partial charge in [0, 0.05) is 5.92 Å². The van der Waals surface area contributed by atoms with E-state index in [4.69, 9.17) is 9.47 Å². The normalized spacial score (nSPS) is 16.1. The number of carbonyl (C=O) groups is 1. The van der Waals surface area contributed by atoms with E-state index < -0.39 is 0 Å². The number of ether oxygens (including phenoxy) is 2. The molecule has 0 atom stereocenters. The monoisotopic (exact) mass is 326 g/mol. The van der Waals surface area contributed by atoms with Gasteiger partial charge in [-0.1, -0.05) is 25.3 Å². The zero-order valence-electron chi connectivity index (χ0n) is 11.2. The first-order valence-electron chi connectivity index (χ1n) is 6.70. The van der Waals surface area contributed by atoms with E-state index in [9.17, 15) is 4.79 Å². The third-order valence-corrected chi connectivity index (χ3v) is 4.19. The van der Waals surface area contributed by atoms with Gasteiger partial charge in [-0.25, -0.2) is 0 Å². The minimum Gasteiger partial charge on any atom is -0.493 e. The van der Waals surface area contributed by atoms with Crippen LogP contribution in [-0.4, -0.2) is 19.5 Å². The average molecular weight is 327 g/mol. The Balaban J connectivity index is 1.96. The molecule has 0 amide bonds. The van der Waals surface area contributed by atoms with Crippen molar-refractivity contribution < 1.29 is 14.3 Å². The second kappa shape index (κ2) is 6.94. The third kappa shape index (κ3) is 3.72. The van der Waals surface area contributed by atoms with Gasteiger partial charge in [0.05, 0.1) is 11.6 Å². The maximum absolute atomic E-state index is 12.1. The molecule has 0 aliphatic heterocycles. The van der Waals surface area contributed by atoms with Crippen molar-refractivity contribution in [1.82, 2.24) is 0 Å². The average Bonchev–Trinajstić information content (AvgIpc) is 2.46. The van der Waals surface area contributed by atoms with Gasteiger partial charge in [-0.3, -0.25) is 4.79 Å². The van der Waals surface area contributed by atoms with E-state index in [-0.39, 0.29) is 18.3 Å². The van der Waals surface area contributed by atoms with Gasteiger partial charge in [-0.15, -0.1) is 0 Å². The predicted molar refractivity (Wildman–Crippen MR) is 77.8 cm³/mol. The molecule has 1 aromatic rings. The summed E-state index contributed by atoms with van der Waals surface area (Å²) in [5.74, 6) is 1.64. The second-order valence-electron chi connectivity index (χ2n) is 4.86. The SMILES string of the molecule is COc1cccc(Br)c1OCC(=O)C1CCCCC1. The van der Waals surface area contributed by atoms with Crippen LogP contribution in [0.2, 0.25) is 0 Å². The molecule has 0 N–H and O–H groups in total. The van der Waals surface area contributed by atoms with E-state index >= 15 is 0 Å². The van der Waals surface area contributed by atoms with E-state index in [1.54, 1.807) is 7.11 Å². The summed E-state index contributed by atoms with van der Waals surface area (Å²) in [6.07, 6.45) is 5.59. The predicted octanol–water partition coefficient (Wildman–Crippen LogP) is 3.99. The van der Waals surface area contributed by atoms with Crippen LogP contribution in [0.15, 0.2) is 22.7 Å². The molecule has 3 nitrogen and oxygen atoms in total.